The number of para-hydroxylation sites is 1. The number of anilines is 1. The Kier molecular flexibility index (Phi) is 6.34. The van der Waals surface area contributed by atoms with Crippen LogP contribution < -0.4 is 9.04 Å². The van der Waals surface area contributed by atoms with E-state index in [2.05, 4.69) is 16.0 Å². The van der Waals surface area contributed by atoms with Crippen molar-refractivity contribution >= 4 is 15.7 Å². The van der Waals surface area contributed by atoms with Gasteiger partial charge in [0.15, 0.2) is 0 Å². The highest BCUT2D eigenvalue weighted by molar-refractivity contribution is 7.92. The second kappa shape index (κ2) is 9.16. The highest BCUT2D eigenvalue weighted by Gasteiger charge is 2.23. The quantitative estimate of drug-likeness (QED) is 0.589. The number of nitrogens with one attached hydrogen (secondary N) is 1. The Labute approximate surface area is 184 Å². The first-order chi connectivity index (χ1) is 15.0. The van der Waals surface area contributed by atoms with Crippen LogP contribution in [0.15, 0.2) is 65.6 Å². The third kappa shape index (κ3) is 4.62. The molecule has 2 heterocycles. The fourth-order valence-electron chi connectivity index (χ4n) is 4.04. The maximum Gasteiger partial charge on any atom is 0.264 e. The van der Waals surface area contributed by atoms with E-state index in [1.807, 2.05) is 24.3 Å². The van der Waals surface area contributed by atoms with Crippen LogP contribution in [-0.2, 0) is 16.6 Å². The molecule has 1 aliphatic rings. The van der Waals surface area contributed by atoms with Crippen molar-refractivity contribution < 1.29 is 13.2 Å². The third-order valence-electron chi connectivity index (χ3n) is 5.83. The maximum absolute atomic E-state index is 13.1. The molecule has 3 aromatic rings. The molecular formula is C24H29N3O3S. The number of aromatic nitrogens is 1. The number of rotatable bonds is 7. The van der Waals surface area contributed by atoms with Crippen LogP contribution >= 0.6 is 0 Å². The number of sulfonamides is 1. The number of hydrogen-bond donors (Lipinski definition) is 1. The van der Waals surface area contributed by atoms with Crippen LogP contribution in [0.2, 0.25) is 0 Å². The van der Waals surface area contributed by atoms with Gasteiger partial charge < -0.3 is 9.72 Å². The highest BCUT2D eigenvalue weighted by Crippen LogP contribution is 2.33. The molecule has 0 atom stereocenters. The van der Waals surface area contributed by atoms with Crippen molar-refractivity contribution in [2.24, 2.45) is 0 Å². The van der Waals surface area contributed by atoms with E-state index in [1.165, 1.54) is 23.6 Å². The summed E-state index contributed by atoms with van der Waals surface area (Å²) in [6, 6.07) is 18.2. The smallest absolute Gasteiger partial charge is 0.264 e. The minimum atomic E-state index is -3.70. The molecule has 0 aliphatic carbocycles. The van der Waals surface area contributed by atoms with Gasteiger partial charge in [-0.15, -0.1) is 0 Å². The van der Waals surface area contributed by atoms with Gasteiger partial charge in [-0.3, -0.25) is 9.21 Å². The fourth-order valence-corrected chi connectivity index (χ4v) is 5.25. The highest BCUT2D eigenvalue weighted by atomic mass is 32.2. The van der Waals surface area contributed by atoms with Crippen molar-refractivity contribution in [2.45, 2.75) is 30.7 Å². The SMILES string of the molecule is COc1cc(S(=O)(=O)N(C)c2ccccc2)ccc1-c1ccc(CN2CCCCC2)[nH]1. The van der Waals surface area contributed by atoms with Gasteiger partial charge in [0.25, 0.3) is 10.0 Å². The Morgan fingerprint density at radius 2 is 1.74 bits per heavy atom. The first-order valence-corrected chi connectivity index (χ1v) is 12.1. The number of H-pyrrole nitrogens is 1. The van der Waals surface area contributed by atoms with Crippen molar-refractivity contribution in [2.75, 3.05) is 31.6 Å². The summed E-state index contributed by atoms with van der Waals surface area (Å²) >= 11 is 0. The molecule has 2 aromatic carbocycles. The molecule has 0 saturated carbocycles. The summed E-state index contributed by atoms with van der Waals surface area (Å²) in [5.41, 5.74) is 3.52. The zero-order valence-electron chi connectivity index (χ0n) is 18.0. The summed E-state index contributed by atoms with van der Waals surface area (Å²) in [5, 5.41) is 0. The maximum atomic E-state index is 13.1. The van der Waals surface area contributed by atoms with E-state index in [1.54, 1.807) is 44.5 Å². The van der Waals surface area contributed by atoms with Crippen molar-refractivity contribution in [3.05, 3.63) is 66.4 Å². The molecular weight excluding hydrogens is 410 g/mol. The number of likely N-dealkylation sites (tertiary alicyclic amines) is 1. The van der Waals surface area contributed by atoms with Crippen molar-refractivity contribution in [1.82, 2.24) is 9.88 Å². The molecule has 1 N–H and O–H groups in total. The van der Waals surface area contributed by atoms with Crippen LogP contribution in [0, 0.1) is 0 Å². The van der Waals surface area contributed by atoms with E-state index in [0.29, 0.717) is 11.4 Å². The number of nitrogens with zero attached hydrogens (tertiary/aromatic N) is 2. The monoisotopic (exact) mass is 439 g/mol. The van der Waals surface area contributed by atoms with Crippen LogP contribution in [0.1, 0.15) is 25.0 Å². The molecule has 4 rings (SSSR count). The fraction of sp³-hybridized carbons (Fsp3) is 0.333. The average molecular weight is 440 g/mol. The van der Waals surface area contributed by atoms with E-state index < -0.39 is 10.0 Å². The molecule has 164 valence electrons. The number of benzene rings is 2. The largest absolute Gasteiger partial charge is 0.496 e. The standard InChI is InChI=1S/C24H29N3O3S/c1-26(20-9-5-3-6-10-20)31(28,29)21-12-13-22(24(17-21)30-2)23-14-11-19(25-23)18-27-15-7-4-8-16-27/h3,5-6,9-14,17,25H,4,7-8,15-16,18H2,1-2H3. The van der Waals surface area contributed by atoms with Gasteiger partial charge in [-0.25, -0.2) is 8.42 Å². The number of ether oxygens (including phenoxy) is 1. The molecule has 6 nitrogen and oxygen atoms in total. The summed E-state index contributed by atoms with van der Waals surface area (Å²) < 4.78 is 33.1. The molecule has 0 bridgehead atoms. The van der Waals surface area contributed by atoms with Crippen molar-refractivity contribution in [1.29, 1.82) is 0 Å². The van der Waals surface area contributed by atoms with Gasteiger partial charge in [0.05, 0.1) is 17.7 Å². The van der Waals surface area contributed by atoms with Gasteiger partial charge in [0, 0.05) is 36.6 Å². The lowest BCUT2D eigenvalue weighted by molar-refractivity contribution is 0.219. The topological polar surface area (TPSA) is 65.6 Å². The molecule has 1 aliphatic heterocycles. The second-order valence-corrected chi connectivity index (χ2v) is 9.87. The van der Waals surface area contributed by atoms with Crippen LogP contribution in [0.3, 0.4) is 0 Å². The summed E-state index contributed by atoms with van der Waals surface area (Å²) in [6.45, 7) is 3.18. The van der Waals surface area contributed by atoms with E-state index in [-0.39, 0.29) is 4.90 Å². The van der Waals surface area contributed by atoms with Gasteiger partial charge in [-0.1, -0.05) is 24.6 Å². The van der Waals surface area contributed by atoms with Crippen LogP contribution in [0.5, 0.6) is 5.75 Å². The molecule has 7 heteroatoms. The Morgan fingerprint density at radius 3 is 2.45 bits per heavy atom. The minimum Gasteiger partial charge on any atom is -0.496 e. The first-order valence-electron chi connectivity index (χ1n) is 10.6. The lowest BCUT2D eigenvalue weighted by Crippen LogP contribution is -2.29. The Morgan fingerprint density at radius 1 is 1.00 bits per heavy atom. The van der Waals surface area contributed by atoms with Crippen molar-refractivity contribution in [3.8, 4) is 17.0 Å². The molecule has 1 saturated heterocycles. The van der Waals surface area contributed by atoms with Gasteiger partial charge >= 0.3 is 0 Å². The van der Waals surface area contributed by atoms with Crippen LogP contribution in [0.4, 0.5) is 5.69 Å². The molecule has 0 spiro atoms. The molecule has 1 aromatic heterocycles. The van der Waals surface area contributed by atoms with E-state index >= 15 is 0 Å². The second-order valence-electron chi connectivity index (χ2n) is 7.90. The molecule has 31 heavy (non-hydrogen) atoms. The zero-order chi connectivity index (χ0) is 21.8. The predicted octanol–water partition coefficient (Wildman–Crippen LogP) is 4.50. The van der Waals surface area contributed by atoms with E-state index in [4.69, 9.17) is 4.74 Å². The summed E-state index contributed by atoms with van der Waals surface area (Å²) in [6.07, 6.45) is 3.84. The Hall–Kier alpha value is -2.77. The lowest BCUT2D eigenvalue weighted by atomic mass is 10.1. The normalized spacial score (nSPS) is 15.0. The van der Waals surface area contributed by atoms with Crippen LogP contribution in [-0.4, -0.2) is 45.5 Å². The zero-order valence-corrected chi connectivity index (χ0v) is 18.9. The number of methoxy groups -OCH3 is 1. The van der Waals surface area contributed by atoms with Gasteiger partial charge in [-0.05, 0) is 62.3 Å². The molecule has 1 fully saturated rings. The number of aromatic amines is 1. The third-order valence-corrected chi connectivity index (χ3v) is 7.61. The van der Waals surface area contributed by atoms with Crippen molar-refractivity contribution in [3.63, 3.8) is 0 Å². The van der Waals surface area contributed by atoms with Gasteiger partial charge in [0.1, 0.15) is 5.75 Å². The van der Waals surface area contributed by atoms with E-state index in [9.17, 15) is 8.42 Å². The molecule has 0 unspecified atom stereocenters. The first kappa shape index (κ1) is 21.5. The minimum absolute atomic E-state index is 0.194. The molecule has 0 amide bonds. The summed E-state index contributed by atoms with van der Waals surface area (Å²) in [7, 11) is -0.579. The Balaban J connectivity index is 1.58. The lowest BCUT2D eigenvalue weighted by Gasteiger charge is -2.25. The molecule has 0 radical (unpaired) electrons. The number of hydrogen-bond acceptors (Lipinski definition) is 4. The Bertz CT molecular complexity index is 1120. The van der Waals surface area contributed by atoms with Gasteiger partial charge in [0.2, 0.25) is 0 Å². The van der Waals surface area contributed by atoms with E-state index in [0.717, 1.165) is 36.6 Å². The van der Waals surface area contributed by atoms with Crippen LogP contribution in [0.25, 0.3) is 11.3 Å². The average Bonchev–Trinajstić information content (AvgIpc) is 3.27. The summed E-state index contributed by atoms with van der Waals surface area (Å²) in [4.78, 5) is 6.13. The van der Waals surface area contributed by atoms with Gasteiger partial charge in [-0.2, -0.15) is 0 Å². The summed E-state index contributed by atoms with van der Waals surface area (Å²) in [5.74, 6) is 0.522. The predicted molar refractivity (Wildman–Crippen MR) is 124 cm³/mol. The number of piperidine rings is 1.